The summed E-state index contributed by atoms with van der Waals surface area (Å²) in [5.74, 6) is 0.619. The van der Waals surface area contributed by atoms with E-state index in [1.807, 2.05) is 24.3 Å². The molecule has 3 heterocycles. The Morgan fingerprint density at radius 2 is 1.95 bits per heavy atom. The van der Waals surface area contributed by atoms with Crippen LogP contribution in [-0.4, -0.2) is 45.8 Å². The molecule has 0 saturated carbocycles. The molecule has 1 saturated heterocycles. The second-order valence-electron chi connectivity index (χ2n) is 4.86. The highest BCUT2D eigenvalue weighted by atomic mass is 16.1. The van der Waals surface area contributed by atoms with E-state index in [1.165, 1.54) is 0 Å². The normalized spacial score (nSPS) is 16.1. The van der Waals surface area contributed by atoms with Gasteiger partial charge in [0, 0.05) is 26.2 Å². The molecule has 0 bridgehead atoms. The van der Waals surface area contributed by atoms with E-state index in [4.69, 9.17) is 0 Å². The van der Waals surface area contributed by atoms with E-state index in [0.717, 1.165) is 37.2 Å². The maximum absolute atomic E-state index is 12.1. The average molecular weight is 270 g/mol. The number of nitrogens with zero attached hydrogens (tertiary/aromatic N) is 4. The van der Waals surface area contributed by atoms with E-state index in [0.29, 0.717) is 11.6 Å². The van der Waals surface area contributed by atoms with Crippen LogP contribution in [0.2, 0.25) is 0 Å². The van der Waals surface area contributed by atoms with Gasteiger partial charge in [0.1, 0.15) is 0 Å². The maximum atomic E-state index is 12.1. The monoisotopic (exact) mass is 270 g/mol. The van der Waals surface area contributed by atoms with Gasteiger partial charge in [-0.3, -0.25) is 4.79 Å². The third-order valence-corrected chi connectivity index (χ3v) is 3.58. The number of hydrogen-bond acceptors (Lipinski definition) is 5. The predicted octanol–water partition coefficient (Wildman–Crippen LogP) is -0.0196. The summed E-state index contributed by atoms with van der Waals surface area (Å²) >= 11 is 0. The third kappa shape index (κ3) is 1.67. The number of benzene rings is 1. The van der Waals surface area contributed by atoms with Crippen molar-refractivity contribution in [3.63, 3.8) is 0 Å². The Balaban J connectivity index is 1.95. The number of hydrogen-bond donors (Lipinski definition) is 2. The van der Waals surface area contributed by atoms with Crippen LogP contribution in [-0.2, 0) is 0 Å². The minimum absolute atomic E-state index is 0.211. The first-order valence-electron chi connectivity index (χ1n) is 6.66. The number of piperazine rings is 1. The van der Waals surface area contributed by atoms with Crippen LogP contribution in [0.4, 0.5) is 5.95 Å². The van der Waals surface area contributed by atoms with Crippen LogP contribution in [0.5, 0.6) is 0 Å². The van der Waals surface area contributed by atoms with Gasteiger partial charge in [-0.05, 0) is 12.1 Å². The summed E-state index contributed by atoms with van der Waals surface area (Å²) in [7, 11) is 0. The predicted molar refractivity (Wildman–Crippen MR) is 76.2 cm³/mol. The van der Waals surface area contributed by atoms with Gasteiger partial charge in [-0.2, -0.15) is 4.98 Å². The van der Waals surface area contributed by atoms with Crippen molar-refractivity contribution < 1.29 is 0 Å². The first-order chi connectivity index (χ1) is 9.83. The maximum Gasteiger partial charge on any atom is 0.293 e. The molecule has 7 heteroatoms. The van der Waals surface area contributed by atoms with Crippen molar-refractivity contribution in [3.05, 3.63) is 34.6 Å². The molecule has 1 aromatic carbocycles. The zero-order chi connectivity index (χ0) is 13.5. The highest BCUT2D eigenvalue weighted by Gasteiger charge is 2.17. The van der Waals surface area contributed by atoms with Gasteiger partial charge in [0.15, 0.2) is 0 Å². The Kier molecular flexibility index (Phi) is 2.46. The van der Waals surface area contributed by atoms with E-state index < -0.39 is 0 Å². The lowest BCUT2D eigenvalue weighted by Crippen LogP contribution is -2.44. The van der Waals surface area contributed by atoms with Crippen LogP contribution >= 0.6 is 0 Å². The Labute approximate surface area is 114 Å². The Morgan fingerprint density at radius 1 is 1.15 bits per heavy atom. The lowest BCUT2D eigenvalue weighted by atomic mass is 10.3. The molecule has 1 fully saturated rings. The van der Waals surface area contributed by atoms with Crippen LogP contribution in [0.1, 0.15) is 0 Å². The number of H-pyrrole nitrogens is 1. The first-order valence-corrected chi connectivity index (χ1v) is 6.66. The molecule has 7 nitrogen and oxygen atoms in total. The molecule has 0 radical (unpaired) electrons. The van der Waals surface area contributed by atoms with Crippen molar-refractivity contribution in [1.29, 1.82) is 0 Å². The van der Waals surface area contributed by atoms with Gasteiger partial charge < -0.3 is 15.2 Å². The molecule has 0 unspecified atom stereocenters. The summed E-state index contributed by atoms with van der Waals surface area (Å²) in [5, 5.41) is 7.80. The molecule has 20 heavy (non-hydrogen) atoms. The summed E-state index contributed by atoms with van der Waals surface area (Å²) in [4.78, 5) is 21.4. The minimum atomic E-state index is -0.211. The van der Waals surface area contributed by atoms with Gasteiger partial charge in [0.2, 0.25) is 11.6 Å². The van der Waals surface area contributed by atoms with E-state index in [-0.39, 0.29) is 5.56 Å². The lowest BCUT2D eigenvalue weighted by molar-refractivity contribution is 0.580. The van der Waals surface area contributed by atoms with Gasteiger partial charge in [0.25, 0.3) is 5.56 Å². The van der Waals surface area contributed by atoms with Crippen LogP contribution in [0, 0.1) is 0 Å². The average Bonchev–Trinajstić information content (AvgIpc) is 2.94. The van der Waals surface area contributed by atoms with Gasteiger partial charge in [0.05, 0.1) is 11.0 Å². The van der Waals surface area contributed by atoms with Crippen molar-refractivity contribution >= 4 is 22.6 Å². The zero-order valence-corrected chi connectivity index (χ0v) is 10.8. The molecular weight excluding hydrogens is 256 g/mol. The van der Waals surface area contributed by atoms with Gasteiger partial charge in [-0.15, -0.1) is 5.10 Å². The quantitative estimate of drug-likeness (QED) is 0.650. The van der Waals surface area contributed by atoms with Gasteiger partial charge in [-0.1, -0.05) is 12.1 Å². The van der Waals surface area contributed by atoms with Crippen LogP contribution in [0.15, 0.2) is 29.1 Å². The van der Waals surface area contributed by atoms with Crippen LogP contribution in [0.3, 0.4) is 0 Å². The molecule has 3 aromatic rings. The molecule has 0 amide bonds. The van der Waals surface area contributed by atoms with Crippen molar-refractivity contribution in [2.75, 3.05) is 31.1 Å². The number of anilines is 1. The highest BCUT2D eigenvalue weighted by Crippen LogP contribution is 2.14. The lowest BCUT2D eigenvalue weighted by Gasteiger charge is -2.25. The standard InChI is InChI=1S/C13H14N6O/c20-12-11-16-13(18-7-5-14-6-8-18)17-19(11)10-4-2-1-3-9(10)15-12/h1-4,14H,5-8H2,(H,15,20). The molecular formula is C13H14N6O. The summed E-state index contributed by atoms with van der Waals surface area (Å²) in [6.45, 7) is 3.53. The first kappa shape index (κ1) is 11.4. The van der Waals surface area contributed by atoms with E-state index in [2.05, 4.69) is 25.3 Å². The van der Waals surface area contributed by atoms with Gasteiger partial charge >= 0.3 is 0 Å². The van der Waals surface area contributed by atoms with Crippen molar-refractivity contribution in [1.82, 2.24) is 24.9 Å². The summed E-state index contributed by atoms with van der Waals surface area (Å²) in [6, 6.07) is 7.60. The zero-order valence-electron chi connectivity index (χ0n) is 10.8. The summed E-state index contributed by atoms with van der Waals surface area (Å²) in [5.41, 5.74) is 1.76. The largest absolute Gasteiger partial charge is 0.337 e. The van der Waals surface area contributed by atoms with Crippen LogP contribution < -0.4 is 15.8 Å². The number of aromatic amines is 1. The molecule has 1 aliphatic rings. The fourth-order valence-corrected chi connectivity index (χ4v) is 2.56. The highest BCUT2D eigenvalue weighted by molar-refractivity contribution is 5.76. The smallest absolute Gasteiger partial charge is 0.293 e. The molecule has 2 N–H and O–H groups in total. The molecule has 0 aliphatic carbocycles. The van der Waals surface area contributed by atoms with Crippen molar-refractivity contribution in [3.8, 4) is 0 Å². The molecule has 1 aliphatic heterocycles. The number of fused-ring (bicyclic) bond motifs is 3. The number of nitrogens with one attached hydrogen (secondary N) is 2. The van der Waals surface area contributed by atoms with Crippen molar-refractivity contribution in [2.24, 2.45) is 0 Å². The van der Waals surface area contributed by atoms with Gasteiger partial charge in [-0.25, -0.2) is 4.52 Å². The van der Waals surface area contributed by atoms with E-state index >= 15 is 0 Å². The third-order valence-electron chi connectivity index (χ3n) is 3.58. The minimum Gasteiger partial charge on any atom is -0.337 e. The fraction of sp³-hybridized carbons (Fsp3) is 0.308. The topological polar surface area (TPSA) is 78.3 Å². The second-order valence-corrected chi connectivity index (χ2v) is 4.86. The van der Waals surface area contributed by atoms with E-state index in [9.17, 15) is 4.79 Å². The Hall–Kier alpha value is -2.41. The molecule has 0 atom stereocenters. The second kappa shape index (κ2) is 4.31. The Morgan fingerprint density at radius 3 is 2.80 bits per heavy atom. The van der Waals surface area contributed by atoms with Crippen molar-refractivity contribution in [2.45, 2.75) is 0 Å². The van der Waals surface area contributed by atoms with E-state index in [1.54, 1.807) is 4.52 Å². The number of para-hydroxylation sites is 2. The summed E-state index contributed by atoms with van der Waals surface area (Å²) < 4.78 is 1.63. The van der Waals surface area contributed by atoms with Crippen LogP contribution in [0.25, 0.3) is 16.7 Å². The number of rotatable bonds is 1. The fourth-order valence-electron chi connectivity index (χ4n) is 2.56. The molecule has 0 spiro atoms. The number of aromatic nitrogens is 4. The molecule has 102 valence electrons. The Bertz CT molecular complexity index is 830. The SMILES string of the molecule is O=c1[nH]c2ccccc2n2nc(N3CCNCC3)nc12. The molecule has 4 rings (SSSR count). The molecule has 2 aromatic heterocycles. The summed E-state index contributed by atoms with van der Waals surface area (Å²) in [6.07, 6.45) is 0.